The van der Waals surface area contributed by atoms with Crippen LogP contribution >= 0.6 is 0 Å². The Morgan fingerprint density at radius 1 is 0.861 bits per heavy atom. The monoisotopic (exact) mass is 478 g/mol. The highest BCUT2D eigenvalue weighted by atomic mass is 16.2. The van der Waals surface area contributed by atoms with E-state index in [-0.39, 0.29) is 12.5 Å². The molecule has 0 atom stereocenters. The molecule has 0 saturated carbocycles. The molecule has 1 saturated heterocycles. The molecule has 5 aromatic rings. The van der Waals surface area contributed by atoms with Crippen molar-refractivity contribution in [3.63, 3.8) is 0 Å². The summed E-state index contributed by atoms with van der Waals surface area (Å²) in [6, 6.07) is 24.1. The van der Waals surface area contributed by atoms with Crippen molar-refractivity contribution in [2.75, 3.05) is 31.1 Å². The van der Waals surface area contributed by atoms with Crippen LogP contribution in [0.15, 0.2) is 85.2 Å². The lowest BCUT2D eigenvalue weighted by Crippen LogP contribution is -2.49. The van der Waals surface area contributed by atoms with Crippen LogP contribution in [0.2, 0.25) is 0 Å². The van der Waals surface area contributed by atoms with Crippen LogP contribution in [0.3, 0.4) is 0 Å². The van der Waals surface area contributed by atoms with Gasteiger partial charge in [-0.2, -0.15) is 0 Å². The fourth-order valence-corrected chi connectivity index (χ4v) is 4.67. The number of benzene rings is 2. The second kappa shape index (κ2) is 9.61. The molecule has 0 bridgehead atoms. The summed E-state index contributed by atoms with van der Waals surface area (Å²) in [5, 5.41) is 8.58. The van der Waals surface area contributed by atoms with Crippen LogP contribution < -0.4 is 4.90 Å². The number of carbonyl (C=O) groups is 1. The van der Waals surface area contributed by atoms with E-state index in [9.17, 15) is 4.79 Å². The fraction of sp³-hybridized carbons (Fsp3) is 0.222. The third-order valence-corrected chi connectivity index (χ3v) is 6.51. The first-order chi connectivity index (χ1) is 17.7. The number of imidazole rings is 1. The molecule has 1 fully saturated rings. The number of nitrogens with zero attached hydrogens (tertiary/aromatic N) is 8. The van der Waals surface area contributed by atoms with E-state index in [1.165, 1.54) is 5.69 Å². The smallest absolute Gasteiger partial charge is 0.244 e. The maximum absolute atomic E-state index is 12.9. The molecule has 1 amide bonds. The largest absolute Gasteiger partial charge is 0.368 e. The second-order valence-electron chi connectivity index (χ2n) is 8.84. The summed E-state index contributed by atoms with van der Waals surface area (Å²) in [6.45, 7) is 3.70. The Labute approximate surface area is 208 Å². The number of fused-ring (bicyclic) bond motifs is 1. The van der Waals surface area contributed by atoms with Crippen molar-refractivity contribution in [2.24, 2.45) is 0 Å². The highest BCUT2D eigenvalue weighted by molar-refractivity contribution is 5.80. The highest BCUT2D eigenvalue weighted by Gasteiger charge is 2.22. The van der Waals surface area contributed by atoms with E-state index in [2.05, 4.69) is 36.9 Å². The van der Waals surface area contributed by atoms with Gasteiger partial charge in [-0.15, -0.1) is 5.10 Å². The van der Waals surface area contributed by atoms with Crippen LogP contribution in [0.4, 0.5) is 5.69 Å². The van der Waals surface area contributed by atoms with Gasteiger partial charge in [0.15, 0.2) is 5.82 Å². The summed E-state index contributed by atoms with van der Waals surface area (Å²) in [5.74, 6) is 0.833. The lowest BCUT2D eigenvalue weighted by atomic mass is 10.2. The standard InChI is InChI=1S/C27H26N8O/c36-26(33-16-14-32(15-17-33)22-8-2-1-3-9-22)20-34-18-21(30-31-34)19-35-25-12-5-4-10-23(25)29-27(35)24-11-6-7-13-28-24/h1-13,18H,14-17,19-20H2. The molecule has 180 valence electrons. The topological polar surface area (TPSA) is 85.0 Å². The van der Waals surface area contributed by atoms with E-state index in [1.807, 2.05) is 71.8 Å². The number of rotatable bonds is 6. The number of aromatic nitrogens is 6. The lowest BCUT2D eigenvalue weighted by Gasteiger charge is -2.36. The first-order valence-corrected chi connectivity index (χ1v) is 12.1. The van der Waals surface area contributed by atoms with Gasteiger partial charge in [-0.1, -0.05) is 41.6 Å². The Balaban J connectivity index is 1.14. The van der Waals surface area contributed by atoms with Gasteiger partial charge in [0.25, 0.3) is 0 Å². The molecular formula is C27H26N8O. The van der Waals surface area contributed by atoms with E-state index in [0.29, 0.717) is 19.6 Å². The van der Waals surface area contributed by atoms with Crippen LogP contribution in [0.1, 0.15) is 5.69 Å². The maximum Gasteiger partial charge on any atom is 0.244 e. The Morgan fingerprint density at radius 3 is 2.44 bits per heavy atom. The molecule has 2 aromatic carbocycles. The Hall–Kier alpha value is -4.53. The zero-order chi connectivity index (χ0) is 24.3. The second-order valence-corrected chi connectivity index (χ2v) is 8.84. The van der Waals surface area contributed by atoms with E-state index in [4.69, 9.17) is 4.98 Å². The summed E-state index contributed by atoms with van der Waals surface area (Å²) in [5.41, 5.74) is 4.65. The van der Waals surface area contributed by atoms with Gasteiger partial charge in [-0.3, -0.25) is 9.78 Å². The predicted molar refractivity (Wildman–Crippen MR) is 137 cm³/mol. The SMILES string of the molecule is O=C(Cn1cc(Cn2c(-c3ccccn3)nc3ccccc32)nn1)N1CCN(c2ccccc2)CC1. The van der Waals surface area contributed by atoms with Crippen molar-refractivity contribution >= 4 is 22.6 Å². The van der Waals surface area contributed by atoms with Crippen molar-refractivity contribution < 1.29 is 4.79 Å². The quantitative estimate of drug-likeness (QED) is 0.373. The van der Waals surface area contributed by atoms with Gasteiger partial charge >= 0.3 is 0 Å². The van der Waals surface area contributed by atoms with Crippen LogP contribution in [-0.2, 0) is 17.9 Å². The van der Waals surface area contributed by atoms with Gasteiger partial charge in [0.05, 0.1) is 23.8 Å². The summed E-state index contributed by atoms with van der Waals surface area (Å²) in [4.78, 5) is 26.5. The molecule has 6 rings (SSSR count). The van der Waals surface area contributed by atoms with Gasteiger partial charge in [0.1, 0.15) is 17.9 Å². The molecule has 0 aliphatic carbocycles. The number of piperazine rings is 1. The van der Waals surface area contributed by atoms with Gasteiger partial charge in [0, 0.05) is 38.1 Å². The molecular weight excluding hydrogens is 452 g/mol. The van der Waals surface area contributed by atoms with E-state index in [0.717, 1.165) is 41.3 Å². The summed E-state index contributed by atoms with van der Waals surface area (Å²) >= 11 is 0. The number of para-hydroxylation sites is 3. The van der Waals surface area contributed by atoms with Crippen molar-refractivity contribution in [1.29, 1.82) is 0 Å². The zero-order valence-corrected chi connectivity index (χ0v) is 19.8. The highest BCUT2D eigenvalue weighted by Crippen LogP contribution is 2.24. The number of hydrogen-bond acceptors (Lipinski definition) is 6. The minimum Gasteiger partial charge on any atom is -0.368 e. The zero-order valence-electron chi connectivity index (χ0n) is 19.8. The third kappa shape index (κ3) is 4.43. The number of amides is 1. The van der Waals surface area contributed by atoms with Gasteiger partial charge in [-0.05, 0) is 36.4 Å². The molecule has 3 aromatic heterocycles. The van der Waals surface area contributed by atoms with Crippen molar-refractivity contribution in [3.8, 4) is 11.5 Å². The maximum atomic E-state index is 12.9. The minimum absolute atomic E-state index is 0.0569. The van der Waals surface area contributed by atoms with E-state index < -0.39 is 0 Å². The number of pyridine rings is 1. The van der Waals surface area contributed by atoms with Crippen LogP contribution in [-0.4, -0.2) is 66.5 Å². The summed E-state index contributed by atoms with van der Waals surface area (Å²) in [7, 11) is 0. The molecule has 0 N–H and O–H groups in total. The van der Waals surface area contributed by atoms with Crippen molar-refractivity contribution in [3.05, 3.63) is 90.9 Å². The third-order valence-electron chi connectivity index (χ3n) is 6.51. The average Bonchev–Trinajstić information content (AvgIpc) is 3.54. The molecule has 9 heteroatoms. The van der Waals surface area contributed by atoms with Crippen molar-refractivity contribution in [1.82, 2.24) is 34.4 Å². The molecule has 4 heterocycles. The predicted octanol–water partition coefficient (Wildman–Crippen LogP) is 3.09. The van der Waals surface area contributed by atoms with Gasteiger partial charge in [-0.25, -0.2) is 9.67 Å². The first kappa shape index (κ1) is 22.0. The van der Waals surface area contributed by atoms with Crippen LogP contribution in [0.25, 0.3) is 22.6 Å². The fourth-order valence-electron chi connectivity index (χ4n) is 4.67. The average molecular weight is 479 g/mol. The molecule has 0 radical (unpaired) electrons. The number of anilines is 1. The normalized spacial score (nSPS) is 13.9. The first-order valence-electron chi connectivity index (χ1n) is 12.1. The van der Waals surface area contributed by atoms with Crippen LogP contribution in [0, 0.1) is 0 Å². The van der Waals surface area contributed by atoms with E-state index >= 15 is 0 Å². The van der Waals surface area contributed by atoms with Crippen LogP contribution in [0.5, 0.6) is 0 Å². The molecule has 9 nitrogen and oxygen atoms in total. The Morgan fingerprint density at radius 2 is 1.64 bits per heavy atom. The van der Waals surface area contributed by atoms with Gasteiger partial charge in [0.2, 0.25) is 5.91 Å². The number of carbonyl (C=O) groups excluding carboxylic acids is 1. The minimum atomic E-state index is 0.0569. The molecule has 1 aliphatic heterocycles. The Kier molecular flexibility index (Phi) is 5.87. The number of hydrogen-bond donors (Lipinski definition) is 0. The lowest BCUT2D eigenvalue weighted by molar-refractivity contribution is -0.132. The van der Waals surface area contributed by atoms with Crippen molar-refractivity contribution in [2.45, 2.75) is 13.1 Å². The molecule has 1 aliphatic rings. The Bertz CT molecular complexity index is 1470. The molecule has 36 heavy (non-hydrogen) atoms. The van der Waals surface area contributed by atoms with E-state index in [1.54, 1.807) is 10.9 Å². The summed E-state index contributed by atoms with van der Waals surface area (Å²) in [6.07, 6.45) is 3.61. The summed E-state index contributed by atoms with van der Waals surface area (Å²) < 4.78 is 3.72. The van der Waals surface area contributed by atoms with Gasteiger partial charge < -0.3 is 14.4 Å². The molecule has 0 unspecified atom stereocenters. The molecule has 0 spiro atoms.